The van der Waals surface area contributed by atoms with E-state index < -0.39 is 22.9 Å². The second-order valence-corrected chi connectivity index (χ2v) is 9.83. The summed E-state index contributed by atoms with van der Waals surface area (Å²) in [7, 11) is 0. The Morgan fingerprint density at radius 2 is 1.89 bits per heavy atom. The van der Waals surface area contributed by atoms with Crippen molar-refractivity contribution in [2.24, 2.45) is 0 Å². The molecule has 0 aliphatic heterocycles. The molecule has 0 bridgehead atoms. The van der Waals surface area contributed by atoms with Gasteiger partial charge in [-0.2, -0.15) is 18.2 Å². The second kappa shape index (κ2) is 10.5. The molecule has 0 saturated carbocycles. The lowest BCUT2D eigenvalue weighted by molar-refractivity contribution is -0.137. The Hall–Kier alpha value is -3.11. The van der Waals surface area contributed by atoms with Crippen molar-refractivity contribution in [2.75, 3.05) is 5.32 Å². The zero-order chi connectivity index (χ0) is 26.0. The number of aromatic nitrogens is 4. The van der Waals surface area contributed by atoms with E-state index in [-0.39, 0.29) is 5.69 Å². The molecule has 4 rings (SSSR count). The third-order valence-corrected chi connectivity index (χ3v) is 7.15. The van der Waals surface area contributed by atoms with Crippen molar-refractivity contribution < 1.29 is 18.0 Å². The minimum absolute atomic E-state index is 0.282. The summed E-state index contributed by atoms with van der Waals surface area (Å²) >= 11 is 7.21. The molecule has 188 valence electrons. The van der Waals surface area contributed by atoms with Crippen molar-refractivity contribution in [3.05, 3.63) is 81.6 Å². The maximum Gasteiger partial charge on any atom is 0.418 e. The molecule has 2 aromatic carbocycles. The van der Waals surface area contributed by atoms with Crippen LogP contribution in [-0.2, 0) is 17.4 Å². The van der Waals surface area contributed by atoms with Crippen LogP contribution in [0.2, 0.25) is 5.02 Å². The van der Waals surface area contributed by atoms with Crippen LogP contribution in [-0.4, -0.2) is 30.7 Å². The first-order chi connectivity index (χ1) is 17.1. The van der Waals surface area contributed by atoms with E-state index in [0.717, 1.165) is 40.3 Å². The summed E-state index contributed by atoms with van der Waals surface area (Å²) < 4.78 is 41.6. The summed E-state index contributed by atoms with van der Waals surface area (Å²) in [5, 5.41) is 7.21. The highest BCUT2D eigenvalue weighted by Gasteiger charge is 2.34. The van der Waals surface area contributed by atoms with Crippen LogP contribution in [0.4, 0.5) is 18.9 Å². The standard InChI is InChI=1S/C25H23ClF3N5OS/c1-4-21(22(35)31-20-11-6-5-10-19(20)25(27,28)29)36-24-32-23-30-14(2)18(15(3)34(23)33-24)13-16-8-7-9-17(26)12-16/h5-12,21H,4,13H2,1-3H3,(H,31,35)/t21-/m0/s1. The fourth-order valence-corrected chi connectivity index (χ4v) is 4.91. The molecule has 0 radical (unpaired) electrons. The van der Waals surface area contributed by atoms with Crippen LogP contribution in [0.3, 0.4) is 0 Å². The number of fused-ring (bicyclic) bond motifs is 1. The molecule has 0 aliphatic rings. The Kier molecular flexibility index (Phi) is 7.56. The molecular formula is C25H23ClF3N5OS. The number of thioether (sulfide) groups is 1. The molecule has 1 amide bonds. The summed E-state index contributed by atoms with van der Waals surface area (Å²) in [6, 6.07) is 12.5. The number of amides is 1. The molecule has 1 N–H and O–H groups in total. The highest BCUT2D eigenvalue weighted by atomic mass is 35.5. The van der Waals surface area contributed by atoms with Crippen LogP contribution < -0.4 is 5.32 Å². The number of nitrogens with zero attached hydrogens (tertiary/aromatic N) is 4. The van der Waals surface area contributed by atoms with Gasteiger partial charge in [0.15, 0.2) is 0 Å². The largest absolute Gasteiger partial charge is 0.418 e. The first-order valence-electron chi connectivity index (χ1n) is 11.2. The van der Waals surface area contributed by atoms with Gasteiger partial charge in [0.25, 0.3) is 5.78 Å². The van der Waals surface area contributed by atoms with Gasteiger partial charge in [0.2, 0.25) is 11.1 Å². The SMILES string of the molecule is CC[C@H](Sc1nc2nc(C)c(Cc3cccc(Cl)c3)c(C)n2n1)C(=O)Nc1ccccc1C(F)(F)F. The van der Waals surface area contributed by atoms with Crippen LogP contribution in [0.25, 0.3) is 5.78 Å². The van der Waals surface area contributed by atoms with E-state index >= 15 is 0 Å². The van der Waals surface area contributed by atoms with Crippen LogP contribution in [0.15, 0.2) is 53.7 Å². The minimum atomic E-state index is -4.58. The summed E-state index contributed by atoms with van der Waals surface area (Å²) in [6.45, 7) is 5.59. The van der Waals surface area contributed by atoms with Gasteiger partial charge < -0.3 is 5.32 Å². The normalized spacial score (nSPS) is 12.6. The van der Waals surface area contributed by atoms with Gasteiger partial charge in [-0.1, -0.05) is 54.6 Å². The molecule has 2 aromatic heterocycles. The lowest BCUT2D eigenvalue weighted by Crippen LogP contribution is -2.26. The van der Waals surface area contributed by atoms with Crippen LogP contribution in [0.1, 0.15) is 41.4 Å². The topological polar surface area (TPSA) is 72.2 Å². The van der Waals surface area contributed by atoms with Gasteiger partial charge in [-0.05, 0) is 55.7 Å². The van der Waals surface area contributed by atoms with Gasteiger partial charge in [0.1, 0.15) is 0 Å². The Labute approximate surface area is 215 Å². The van der Waals surface area contributed by atoms with Crippen molar-refractivity contribution >= 4 is 40.7 Å². The molecule has 2 heterocycles. The van der Waals surface area contributed by atoms with E-state index in [1.165, 1.54) is 18.2 Å². The molecule has 0 fully saturated rings. The van der Waals surface area contributed by atoms with E-state index in [1.807, 2.05) is 38.1 Å². The van der Waals surface area contributed by atoms with Gasteiger partial charge in [0, 0.05) is 22.8 Å². The Morgan fingerprint density at radius 3 is 2.58 bits per heavy atom. The molecule has 0 saturated heterocycles. The van der Waals surface area contributed by atoms with Gasteiger partial charge in [-0.3, -0.25) is 4.79 Å². The van der Waals surface area contributed by atoms with E-state index in [0.29, 0.717) is 28.8 Å². The van der Waals surface area contributed by atoms with Gasteiger partial charge in [0.05, 0.1) is 16.5 Å². The van der Waals surface area contributed by atoms with Crippen LogP contribution in [0, 0.1) is 13.8 Å². The molecule has 4 aromatic rings. The summed E-state index contributed by atoms with van der Waals surface area (Å²) in [5.41, 5.74) is 2.50. The Morgan fingerprint density at radius 1 is 1.14 bits per heavy atom. The number of nitrogens with one attached hydrogen (secondary N) is 1. The van der Waals surface area contributed by atoms with Gasteiger partial charge in [-0.15, -0.1) is 5.10 Å². The summed E-state index contributed by atoms with van der Waals surface area (Å²) in [4.78, 5) is 21.9. The average molecular weight is 534 g/mol. The van der Waals surface area contributed by atoms with E-state index in [2.05, 4.69) is 20.4 Å². The number of halogens is 4. The van der Waals surface area contributed by atoms with Crippen molar-refractivity contribution in [3.8, 4) is 0 Å². The van der Waals surface area contributed by atoms with Gasteiger partial charge >= 0.3 is 6.18 Å². The fraction of sp³-hybridized carbons (Fsp3) is 0.280. The number of alkyl halides is 3. The first kappa shape index (κ1) is 26.0. The van der Waals surface area contributed by atoms with E-state index in [4.69, 9.17) is 11.6 Å². The third-order valence-electron chi connectivity index (χ3n) is 5.70. The number of carbonyl (C=O) groups excluding carboxylic acids is 1. The summed E-state index contributed by atoms with van der Waals surface area (Å²) in [6.07, 6.45) is -3.60. The Bertz CT molecular complexity index is 1420. The monoisotopic (exact) mass is 533 g/mol. The zero-order valence-electron chi connectivity index (χ0n) is 19.7. The fourth-order valence-electron chi connectivity index (χ4n) is 3.85. The molecule has 36 heavy (non-hydrogen) atoms. The molecule has 6 nitrogen and oxygen atoms in total. The minimum Gasteiger partial charge on any atom is -0.325 e. The molecule has 1 atom stereocenters. The van der Waals surface area contributed by atoms with Crippen molar-refractivity contribution in [3.63, 3.8) is 0 Å². The number of benzene rings is 2. The third kappa shape index (κ3) is 5.65. The van der Waals surface area contributed by atoms with Crippen molar-refractivity contribution in [2.45, 2.75) is 50.2 Å². The highest BCUT2D eigenvalue weighted by Crippen LogP contribution is 2.35. The average Bonchev–Trinajstić information content (AvgIpc) is 3.22. The van der Waals surface area contributed by atoms with Crippen molar-refractivity contribution in [1.29, 1.82) is 0 Å². The number of para-hydroxylation sites is 1. The number of carbonyl (C=O) groups is 1. The summed E-state index contributed by atoms with van der Waals surface area (Å²) in [5.74, 6) is -0.166. The molecule has 0 unspecified atom stereocenters. The van der Waals surface area contributed by atoms with Gasteiger partial charge in [-0.25, -0.2) is 9.50 Å². The predicted molar refractivity (Wildman–Crippen MR) is 135 cm³/mol. The molecule has 0 spiro atoms. The second-order valence-electron chi connectivity index (χ2n) is 8.22. The smallest absolute Gasteiger partial charge is 0.325 e. The quantitative estimate of drug-likeness (QED) is 0.274. The maximum atomic E-state index is 13.3. The number of aryl methyl sites for hydroxylation is 2. The molecule has 0 aliphatic carbocycles. The molecule has 11 heteroatoms. The maximum absolute atomic E-state index is 13.3. The lowest BCUT2D eigenvalue weighted by Gasteiger charge is -2.16. The number of hydrogen-bond acceptors (Lipinski definition) is 5. The number of rotatable bonds is 7. The zero-order valence-corrected chi connectivity index (χ0v) is 21.3. The van der Waals surface area contributed by atoms with E-state index in [1.54, 1.807) is 11.4 Å². The molecular weight excluding hydrogens is 511 g/mol. The first-order valence-corrected chi connectivity index (χ1v) is 12.4. The predicted octanol–water partition coefficient (Wildman–Crippen LogP) is 6.51. The number of hydrogen-bond donors (Lipinski definition) is 1. The van der Waals surface area contributed by atoms with Crippen LogP contribution >= 0.6 is 23.4 Å². The van der Waals surface area contributed by atoms with E-state index in [9.17, 15) is 18.0 Å². The van der Waals surface area contributed by atoms with Crippen molar-refractivity contribution in [1.82, 2.24) is 19.6 Å². The highest BCUT2D eigenvalue weighted by molar-refractivity contribution is 8.00. The van der Waals surface area contributed by atoms with Crippen LogP contribution in [0.5, 0.6) is 0 Å². The Balaban J connectivity index is 1.57. The number of anilines is 1. The lowest BCUT2D eigenvalue weighted by atomic mass is 10.0.